The number of anilines is 2. The Hall–Kier alpha value is -1.91. The second kappa shape index (κ2) is 6.61. The fraction of sp³-hybridized carbons (Fsp3) is 0.682. The van der Waals surface area contributed by atoms with E-state index >= 15 is 0 Å². The van der Waals surface area contributed by atoms with Crippen LogP contribution >= 0.6 is 0 Å². The van der Waals surface area contributed by atoms with Crippen molar-refractivity contribution in [2.45, 2.75) is 53.9 Å². The third-order valence-corrected chi connectivity index (χ3v) is 6.45. The number of aryl methyl sites for hydroxylation is 2. The number of hydrogen-bond acceptors (Lipinski definition) is 4. The summed E-state index contributed by atoms with van der Waals surface area (Å²) in [5, 5.41) is 3.03. The molecule has 1 saturated carbocycles. The molecule has 1 N–H and O–H groups in total. The van der Waals surface area contributed by atoms with Crippen LogP contribution in [-0.2, 0) is 4.79 Å². The van der Waals surface area contributed by atoms with Crippen molar-refractivity contribution in [3.8, 4) is 0 Å². The summed E-state index contributed by atoms with van der Waals surface area (Å²) < 4.78 is 0. The van der Waals surface area contributed by atoms with Crippen molar-refractivity contribution in [1.82, 2.24) is 9.97 Å². The highest BCUT2D eigenvalue weighted by Crippen LogP contribution is 2.48. The van der Waals surface area contributed by atoms with Crippen molar-refractivity contribution < 1.29 is 4.79 Å². The number of nitrogens with one attached hydrogen (secondary N) is 1. The van der Waals surface area contributed by atoms with Crippen LogP contribution in [0.15, 0.2) is 12.2 Å². The van der Waals surface area contributed by atoms with E-state index in [2.05, 4.69) is 43.1 Å². The second-order valence-corrected chi connectivity index (χ2v) is 9.88. The molecule has 5 nitrogen and oxygen atoms in total. The molecule has 0 aromatic carbocycles. The summed E-state index contributed by atoms with van der Waals surface area (Å²) >= 11 is 0. The molecular weight excluding hydrogens is 336 g/mol. The largest absolute Gasteiger partial charge is 0.340 e. The van der Waals surface area contributed by atoms with Gasteiger partial charge in [-0.1, -0.05) is 32.9 Å². The van der Waals surface area contributed by atoms with E-state index in [1.54, 1.807) is 0 Å². The SMILES string of the molecule is Cc1nc(N2CC3C4C=CC(CC4)C3C2)nc(C)c1NC(=O)CC(C)(C)C. The average molecular weight is 369 g/mol. The van der Waals surface area contributed by atoms with Crippen LogP contribution in [0.1, 0.15) is 51.4 Å². The summed E-state index contributed by atoms with van der Waals surface area (Å²) in [7, 11) is 0. The molecule has 1 saturated heterocycles. The van der Waals surface area contributed by atoms with Gasteiger partial charge in [0.15, 0.2) is 0 Å². The van der Waals surface area contributed by atoms with Gasteiger partial charge in [0.25, 0.3) is 0 Å². The third kappa shape index (κ3) is 3.61. The molecule has 27 heavy (non-hydrogen) atoms. The van der Waals surface area contributed by atoms with Gasteiger partial charge in [0.2, 0.25) is 11.9 Å². The summed E-state index contributed by atoms with van der Waals surface area (Å²) in [4.78, 5) is 24.3. The maximum absolute atomic E-state index is 12.3. The first-order valence-corrected chi connectivity index (χ1v) is 10.3. The topological polar surface area (TPSA) is 58.1 Å². The lowest BCUT2D eigenvalue weighted by atomic mass is 9.64. The molecule has 3 aliphatic carbocycles. The zero-order chi connectivity index (χ0) is 19.3. The number of rotatable bonds is 3. The molecular formula is C22H32N4O. The first-order valence-electron chi connectivity index (χ1n) is 10.3. The van der Waals surface area contributed by atoms with Crippen molar-refractivity contribution in [3.05, 3.63) is 23.5 Å². The maximum atomic E-state index is 12.3. The Kier molecular flexibility index (Phi) is 4.52. The van der Waals surface area contributed by atoms with Gasteiger partial charge < -0.3 is 10.2 Å². The van der Waals surface area contributed by atoms with Gasteiger partial charge in [-0.3, -0.25) is 4.79 Å². The Labute approximate surface area is 162 Å². The fourth-order valence-electron chi connectivity index (χ4n) is 5.19. The van der Waals surface area contributed by atoms with Crippen LogP contribution in [0.3, 0.4) is 0 Å². The molecule has 4 aliphatic rings. The molecule has 2 bridgehead atoms. The quantitative estimate of drug-likeness (QED) is 0.816. The lowest BCUT2D eigenvalue weighted by Gasteiger charge is -2.40. The van der Waals surface area contributed by atoms with Crippen molar-refractivity contribution in [2.24, 2.45) is 29.1 Å². The van der Waals surface area contributed by atoms with E-state index in [4.69, 9.17) is 9.97 Å². The van der Waals surface area contributed by atoms with E-state index in [1.807, 2.05) is 13.8 Å². The number of fused-ring (bicyclic) bond motifs is 1. The predicted molar refractivity (Wildman–Crippen MR) is 109 cm³/mol. The van der Waals surface area contributed by atoms with E-state index < -0.39 is 0 Å². The molecule has 0 spiro atoms. The van der Waals surface area contributed by atoms with Crippen molar-refractivity contribution >= 4 is 17.5 Å². The summed E-state index contributed by atoms with van der Waals surface area (Å²) in [5.41, 5.74) is 2.45. The smallest absolute Gasteiger partial charge is 0.225 e. The molecule has 1 aromatic rings. The molecule has 4 atom stereocenters. The van der Waals surface area contributed by atoms with Gasteiger partial charge in [0.1, 0.15) is 0 Å². The Morgan fingerprint density at radius 1 is 1.07 bits per heavy atom. The van der Waals surface area contributed by atoms with Crippen LogP contribution in [0.5, 0.6) is 0 Å². The molecule has 0 radical (unpaired) electrons. The standard InChI is InChI=1S/C22H32N4O/c1-13-20(25-19(27)10-22(3,4)5)14(2)24-21(23-13)26-11-17-15-6-7-16(9-8-15)18(17)12-26/h6-7,15-18H,8-12H2,1-5H3,(H,25,27). The predicted octanol–water partition coefficient (Wildman–Crippen LogP) is 4.12. The Morgan fingerprint density at radius 2 is 1.59 bits per heavy atom. The Bertz CT molecular complexity index is 734. The zero-order valence-corrected chi connectivity index (χ0v) is 17.2. The number of carbonyl (C=O) groups is 1. The number of aromatic nitrogens is 2. The highest BCUT2D eigenvalue weighted by Gasteiger charge is 2.46. The monoisotopic (exact) mass is 368 g/mol. The van der Waals surface area contributed by atoms with Crippen molar-refractivity contribution in [3.63, 3.8) is 0 Å². The van der Waals surface area contributed by atoms with Gasteiger partial charge in [-0.2, -0.15) is 0 Å². The zero-order valence-electron chi connectivity index (χ0n) is 17.2. The van der Waals surface area contributed by atoms with Crippen LogP contribution < -0.4 is 10.2 Å². The van der Waals surface area contributed by atoms with E-state index in [-0.39, 0.29) is 11.3 Å². The van der Waals surface area contributed by atoms with Crippen LogP contribution in [-0.4, -0.2) is 29.0 Å². The molecule has 4 unspecified atom stereocenters. The van der Waals surface area contributed by atoms with Gasteiger partial charge in [-0.15, -0.1) is 0 Å². The third-order valence-electron chi connectivity index (χ3n) is 6.45. The van der Waals surface area contributed by atoms with Crippen LogP contribution in [0, 0.1) is 42.9 Å². The first-order chi connectivity index (χ1) is 12.7. The molecule has 1 aliphatic heterocycles. The average Bonchev–Trinajstić information content (AvgIpc) is 3.05. The number of hydrogen-bond donors (Lipinski definition) is 1. The van der Waals surface area contributed by atoms with Crippen LogP contribution in [0.4, 0.5) is 11.6 Å². The van der Waals surface area contributed by atoms with Gasteiger partial charge in [-0.25, -0.2) is 9.97 Å². The normalized spacial score (nSPS) is 29.1. The highest BCUT2D eigenvalue weighted by molar-refractivity contribution is 5.92. The maximum Gasteiger partial charge on any atom is 0.225 e. The summed E-state index contributed by atoms with van der Waals surface area (Å²) in [5.74, 6) is 3.84. The molecule has 1 amide bonds. The van der Waals surface area contributed by atoms with Crippen molar-refractivity contribution in [2.75, 3.05) is 23.3 Å². The molecule has 2 heterocycles. The second-order valence-electron chi connectivity index (χ2n) is 9.88. The van der Waals surface area contributed by atoms with E-state index in [1.165, 1.54) is 12.8 Å². The number of amides is 1. The summed E-state index contributed by atoms with van der Waals surface area (Å²) in [6, 6.07) is 0. The fourth-order valence-corrected chi connectivity index (χ4v) is 5.19. The van der Waals surface area contributed by atoms with Crippen molar-refractivity contribution in [1.29, 1.82) is 0 Å². The molecule has 5 heteroatoms. The Morgan fingerprint density at radius 3 is 2.04 bits per heavy atom. The molecule has 1 aromatic heterocycles. The molecule has 5 rings (SSSR count). The van der Waals surface area contributed by atoms with E-state index in [0.717, 1.165) is 59.8 Å². The molecule has 146 valence electrons. The van der Waals surface area contributed by atoms with E-state index in [9.17, 15) is 4.79 Å². The minimum atomic E-state index is -0.0358. The van der Waals surface area contributed by atoms with Gasteiger partial charge in [0.05, 0.1) is 17.1 Å². The lowest BCUT2D eigenvalue weighted by Crippen LogP contribution is -2.35. The summed E-state index contributed by atoms with van der Waals surface area (Å²) in [6.45, 7) is 12.3. The van der Waals surface area contributed by atoms with Gasteiger partial charge in [-0.05, 0) is 55.8 Å². The minimum Gasteiger partial charge on any atom is -0.340 e. The van der Waals surface area contributed by atoms with Crippen LogP contribution in [0.2, 0.25) is 0 Å². The Balaban J connectivity index is 1.50. The number of nitrogens with zero attached hydrogens (tertiary/aromatic N) is 3. The molecule has 2 fully saturated rings. The minimum absolute atomic E-state index is 0.0277. The van der Waals surface area contributed by atoms with Gasteiger partial charge in [0, 0.05) is 19.5 Å². The van der Waals surface area contributed by atoms with Crippen LogP contribution in [0.25, 0.3) is 0 Å². The number of allylic oxidation sites excluding steroid dienone is 2. The number of carbonyl (C=O) groups excluding carboxylic acids is 1. The lowest BCUT2D eigenvalue weighted by molar-refractivity contribution is -0.117. The summed E-state index contributed by atoms with van der Waals surface area (Å²) in [6.07, 6.45) is 8.06. The van der Waals surface area contributed by atoms with E-state index in [0.29, 0.717) is 6.42 Å². The first kappa shape index (κ1) is 18.5. The van der Waals surface area contributed by atoms with Gasteiger partial charge >= 0.3 is 0 Å². The highest BCUT2D eigenvalue weighted by atomic mass is 16.1.